The first-order chi connectivity index (χ1) is 17.9. The minimum absolute atomic E-state index is 0.00550. The average Bonchev–Trinajstić information content (AvgIpc) is 2.92. The van der Waals surface area contributed by atoms with E-state index in [1.807, 2.05) is 66.4 Å². The fraction of sp³-hybridized carbons (Fsp3) is 0.310. The molecule has 0 unspecified atom stereocenters. The van der Waals surface area contributed by atoms with Gasteiger partial charge in [0.1, 0.15) is 11.5 Å². The van der Waals surface area contributed by atoms with Gasteiger partial charge >= 0.3 is 6.03 Å². The first-order valence-electron chi connectivity index (χ1n) is 12.6. The second kappa shape index (κ2) is 9.03. The molecular formula is C29H30N4O4. The quantitative estimate of drug-likeness (QED) is 0.576. The lowest BCUT2D eigenvalue weighted by atomic mass is 9.90. The molecule has 8 heteroatoms. The number of benzene rings is 3. The largest absolute Gasteiger partial charge is 0.497 e. The van der Waals surface area contributed by atoms with Gasteiger partial charge in [0.25, 0.3) is 5.91 Å². The predicted molar refractivity (Wildman–Crippen MR) is 141 cm³/mol. The third-order valence-corrected chi connectivity index (χ3v) is 7.54. The van der Waals surface area contributed by atoms with E-state index < -0.39 is 5.72 Å². The number of rotatable bonds is 4. The molecule has 6 rings (SSSR count). The van der Waals surface area contributed by atoms with Gasteiger partial charge < -0.3 is 24.6 Å². The molecule has 0 spiro atoms. The minimum Gasteiger partial charge on any atom is -0.497 e. The Morgan fingerprint density at radius 3 is 2.49 bits per heavy atom. The maximum absolute atomic E-state index is 13.2. The molecule has 2 fully saturated rings. The van der Waals surface area contributed by atoms with E-state index in [1.54, 1.807) is 24.1 Å². The Morgan fingerprint density at radius 2 is 1.73 bits per heavy atom. The van der Waals surface area contributed by atoms with Gasteiger partial charge in [-0.25, -0.2) is 4.79 Å². The highest BCUT2D eigenvalue weighted by molar-refractivity contribution is 5.97. The molecule has 0 radical (unpaired) electrons. The standard InChI is InChI=1S/C29H30N4O4/c1-29-19-25(24-8-3-4-9-26(24)37-29)30-28(35)33(29)21-12-10-20(11-13-21)27(34)32-16-14-31(15-17-32)22-6-5-7-23(18-22)36-2/h3-13,18,25H,14-17,19H2,1-2H3,(H,30,35)/t25-,29+/m0/s1. The monoisotopic (exact) mass is 498 g/mol. The van der Waals surface area contributed by atoms with Gasteiger partial charge in [-0.2, -0.15) is 0 Å². The average molecular weight is 499 g/mol. The van der Waals surface area contributed by atoms with Crippen molar-refractivity contribution < 1.29 is 19.1 Å². The Bertz CT molecular complexity index is 1340. The van der Waals surface area contributed by atoms with Crippen molar-refractivity contribution >= 4 is 23.3 Å². The van der Waals surface area contributed by atoms with E-state index in [2.05, 4.69) is 16.3 Å². The molecule has 190 valence electrons. The lowest BCUT2D eigenvalue weighted by Gasteiger charge is -2.50. The maximum Gasteiger partial charge on any atom is 0.325 e. The van der Waals surface area contributed by atoms with Crippen LogP contribution in [-0.2, 0) is 0 Å². The molecule has 8 nitrogen and oxygen atoms in total. The van der Waals surface area contributed by atoms with Crippen molar-refractivity contribution in [1.82, 2.24) is 10.2 Å². The summed E-state index contributed by atoms with van der Waals surface area (Å²) in [6, 6.07) is 22.8. The lowest BCUT2D eigenvalue weighted by Crippen LogP contribution is -2.65. The van der Waals surface area contributed by atoms with Crippen LogP contribution in [0.2, 0.25) is 0 Å². The number of hydrogen-bond acceptors (Lipinski definition) is 5. The molecule has 2 saturated heterocycles. The van der Waals surface area contributed by atoms with Crippen molar-refractivity contribution in [3.63, 3.8) is 0 Å². The predicted octanol–water partition coefficient (Wildman–Crippen LogP) is 4.43. The van der Waals surface area contributed by atoms with Gasteiger partial charge in [-0.3, -0.25) is 9.69 Å². The molecule has 0 aromatic heterocycles. The third-order valence-electron chi connectivity index (χ3n) is 7.54. The van der Waals surface area contributed by atoms with Crippen LogP contribution in [0, 0.1) is 0 Å². The van der Waals surface area contributed by atoms with Gasteiger partial charge in [0, 0.05) is 61.2 Å². The highest BCUT2D eigenvalue weighted by Gasteiger charge is 2.49. The number of carbonyl (C=O) groups is 2. The summed E-state index contributed by atoms with van der Waals surface area (Å²) >= 11 is 0. The maximum atomic E-state index is 13.2. The number of nitrogens with zero attached hydrogens (tertiary/aromatic N) is 3. The van der Waals surface area contributed by atoms with E-state index in [-0.39, 0.29) is 18.0 Å². The molecule has 3 aromatic carbocycles. The molecular weight excluding hydrogens is 468 g/mol. The van der Waals surface area contributed by atoms with Gasteiger partial charge in [-0.1, -0.05) is 24.3 Å². The molecule has 3 aromatic rings. The Labute approximate surface area is 216 Å². The van der Waals surface area contributed by atoms with Crippen molar-refractivity contribution in [2.24, 2.45) is 0 Å². The SMILES string of the molecule is COc1cccc(N2CCN(C(=O)c3ccc(N4C(=O)N[C@H]5C[C@@]4(C)Oc4ccccc45)cc3)CC2)c1. The van der Waals surface area contributed by atoms with Crippen LogP contribution >= 0.6 is 0 Å². The zero-order valence-corrected chi connectivity index (χ0v) is 21.0. The van der Waals surface area contributed by atoms with Crippen LogP contribution in [0.4, 0.5) is 16.2 Å². The Kier molecular flexibility index (Phi) is 5.67. The second-order valence-corrected chi connectivity index (χ2v) is 9.88. The topological polar surface area (TPSA) is 74.4 Å². The second-order valence-electron chi connectivity index (χ2n) is 9.88. The van der Waals surface area contributed by atoms with E-state index >= 15 is 0 Å². The van der Waals surface area contributed by atoms with Crippen LogP contribution in [0.3, 0.4) is 0 Å². The van der Waals surface area contributed by atoms with Crippen molar-refractivity contribution in [2.45, 2.75) is 25.1 Å². The van der Waals surface area contributed by atoms with Gasteiger partial charge in [0.2, 0.25) is 0 Å². The molecule has 1 N–H and O–H groups in total. The molecule has 3 aliphatic rings. The fourth-order valence-electron chi connectivity index (χ4n) is 5.62. The normalized spacial score (nSPS) is 22.6. The van der Waals surface area contributed by atoms with Crippen molar-refractivity contribution in [1.29, 1.82) is 0 Å². The molecule has 0 aliphatic carbocycles. The first-order valence-corrected chi connectivity index (χ1v) is 12.6. The summed E-state index contributed by atoms with van der Waals surface area (Å²) < 4.78 is 11.7. The van der Waals surface area contributed by atoms with Crippen LogP contribution in [0.25, 0.3) is 0 Å². The van der Waals surface area contributed by atoms with Crippen LogP contribution in [-0.4, -0.2) is 55.9 Å². The molecule has 3 aliphatic heterocycles. The minimum atomic E-state index is -0.816. The lowest BCUT2D eigenvalue weighted by molar-refractivity contribution is 0.0379. The zero-order valence-electron chi connectivity index (χ0n) is 21.0. The van der Waals surface area contributed by atoms with E-state index in [9.17, 15) is 9.59 Å². The molecule has 2 bridgehead atoms. The van der Waals surface area contributed by atoms with Gasteiger partial charge in [-0.15, -0.1) is 0 Å². The molecule has 3 heterocycles. The summed E-state index contributed by atoms with van der Waals surface area (Å²) in [7, 11) is 1.66. The Balaban J connectivity index is 1.15. The van der Waals surface area contributed by atoms with Crippen molar-refractivity contribution in [2.75, 3.05) is 43.1 Å². The van der Waals surface area contributed by atoms with Crippen molar-refractivity contribution in [3.8, 4) is 11.5 Å². The van der Waals surface area contributed by atoms with Crippen LogP contribution in [0.1, 0.15) is 35.3 Å². The van der Waals surface area contributed by atoms with Crippen LogP contribution < -0.4 is 24.6 Å². The van der Waals surface area contributed by atoms with E-state index in [0.29, 0.717) is 30.8 Å². The molecule has 2 atom stereocenters. The smallest absolute Gasteiger partial charge is 0.325 e. The number of amides is 3. The number of anilines is 2. The number of para-hydroxylation sites is 1. The first kappa shape index (κ1) is 23.2. The highest BCUT2D eigenvalue weighted by atomic mass is 16.5. The molecule has 3 amide bonds. The fourth-order valence-corrected chi connectivity index (χ4v) is 5.62. The zero-order chi connectivity index (χ0) is 25.6. The van der Waals surface area contributed by atoms with Gasteiger partial charge in [0.15, 0.2) is 5.72 Å². The van der Waals surface area contributed by atoms with Crippen LogP contribution in [0.15, 0.2) is 72.8 Å². The number of methoxy groups -OCH3 is 1. The molecule has 0 saturated carbocycles. The molecule has 37 heavy (non-hydrogen) atoms. The third kappa shape index (κ3) is 4.12. The number of ether oxygens (including phenoxy) is 2. The van der Waals surface area contributed by atoms with E-state index in [1.165, 1.54) is 0 Å². The summed E-state index contributed by atoms with van der Waals surface area (Å²) in [6.45, 7) is 4.72. The Morgan fingerprint density at radius 1 is 0.973 bits per heavy atom. The summed E-state index contributed by atoms with van der Waals surface area (Å²) in [5, 5.41) is 3.11. The number of hydrogen-bond donors (Lipinski definition) is 1. The summed E-state index contributed by atoms with van der Waals surface area (Å²) in [5.74, 6) is 1.60. The van der Waals surface area contributed by atoms with Crippen LogP contribution in [0.5, 0.6) is 11.5 Å². The number of fused-ring (bicyclic) bond motifs is 4. The van der Waals surface area contributed by atoms with E-state index in [4.69, 9.17) is 9.47 Å². The number of carbonyl (C=O) groups excluding carboxylic acids is 2. The number of nitrogens with one attached hydrogen (secondary N) is 1. The van der Waals surface area contributed by atoms with E-state index in [0.717, 1.165) is 35.8 Å². The Hall–Kier alpha value is -4.20. The number of urea groups is 1. The summed E-state index contributed by atoms with van der Waals surface area (Å²) in [6.07, 6.45) is 0.633. The van der Waals surface area contributed by atoms with Gasteiger partial charge in [0.05, 0.1) is 13.2 Å². The van der Waals surface area contributed by atoms with Crippen molar-refractivity contribution in [3.05, 3.63) is 83.9 Å². The number of piperazine rings is 1. The highest BCUT2D eigenvalue weighted by Crippen LogP contribution is 2.45. The summed E-state index contributed by atoms with van der Waals surface area (Å²) in [4.78, 5) is 32.2. The van der Waals surface area contributed by atoms with Gasteiger partial charge in [-0.05, 0) is 49.4 Å². The summed E-state index contributed by atoms with van der Waals surface area (Å²) in [5.41, 5.74) is 2.58.